The standard InChI is InChI=1S/C21H23NO3/c23-19-7-5-15(6-8-19)16-9-11-22(12-10-16)21(24)18-13-17-3-1-2-4-20(17)25-14-18/h1-8,16,18,23H,9-14H2. The molecule has 0 bridgehead atoms. The molecule has 2 aliphatic rings. The van der Waals surface area contributed by atoms with Crippen molar-refractivity contribution in [3.05, 3.63) is 59.7 Å². The maximum atomic E-state index is 12.9. The lowest BCUT2D eigenvalue weighted by Gasteiger charge is -2.35. The maximum absolute atomic E-state index is 12.9. The quantitative estimate of drug-likeness (QED) is 0.914. The number of phenols is 1. The van der Waals surface area contributed by atoms with E-state index in [4.69, 9.17) is 4.74 Å². The number of carbonyl (C=O) groups is 1. The van der Waals surface area contributed by atoms with Crippen molar-refractivity contribution in [3.63, 3.8) is 0 Å². The zero-order valence-corrected chi connectivity index (χ0v) is 14.2. The lowest BCUT2D eigenvalue weighted by Crippen LogP contribution is -2.44. The molecule has 1 saturated heterocycles. The van der Waals surface area contributed by atoms with Gasteiger partial charge in [0.25, 0.3) is 0 Å². The Hall–Kier alpha value is -2.49. The number of likely N-dealkylation sites (tertiary alicyclic amines) is 1. The van der Waals surface area contributed by atoms with Gasteiger partial charge in [-0.15, -0.1) is 0 Å². The van der Waals surface area contributed by atoms with Gasteiger partial charge in [0.05, 0.1) is 5.92 Å². The number of phenolic OH excluding ortho intramolecular Hbond substituents is 1. The fourth-order valence-electron chi connectivity index (χ4n) is 3.92. The molecule has 0 saturated carbocycles. The van der Waals surface area contributed by atoms with Crippen molar-refractivity contribution in [2.24, 2.45) is 5.92 Å². The third-order valence-electron chi connectivity index (χ3n) is 5.40. The van der Waals surface area contributed by atoms with Gasteiger partial charge in [-0.3, -0.25) is 4.79 Å². The Morgan fingerprint density at radius 2 is 1.76 bits per heavy atom. The second-order valence-electron chi connectivity index (χ2n) is 7.01. The average molecular weight is 337 g/mol. The molecule has 2 aromatic carbocycles. The van der Waals surface area contributed by atoms with E-state index in [9.17, 15) is 9.90 Å². The van der Waals surface area contributed by atoms with Crippen molar-refractivity contribution >= 4 is 5.91 Å². The third kappa shape index (κ3) is 3.34. The van der Waals surface area contributed by atoms with Gasteiger partial charge in [0.15, 0.2) is 0 Å². The molecule has 2 aliphatic heterocycles. The van der Waals surface area contributed by atoms with Gasteiger partial charge in [0.1, 0.15) is 18.1 Å². The number of benzene rings is 2. The number of amides is 1. The summed E-state index contributed by atoms with van der Waals surface area (Å²) in [5.41, 5.74) is 2.38. The number of hydrogen-bond acceptors (Lipinski definition) is 3. The molecule has 2 aromatic rings. The van der Waals surface area contributed by atoms with Gasteiger partial charge in [0, 0.05) is 13.1 Å². The molecular weight excluding hydrogens is 314 g/mol. The third-order valence-corrected chi connectivity index (χ3v) is 5.40. The Bertz CT molecular complexity index is 748. The predicted octanol–water partition coefficient (Wildman–Crippen LogP) is 3.35. The zero-order chi connectivity index (χ0) is 17.2. The molecule has 1 fully saturated rings. The number of para-hydroxylation sites is 1. The van der Waals surface area contributed by atoms with Crippen molar-refractivity contribution < 1.29 is 14.6 Å². The Kier molecular flexibility index (Phi) is 4.35. The van der Waals surface area contributed by atoms with Crippen LogP contribution in [0, 0.1) is 5.92 Å². The minimum Gasteiger partial charge on any atom is -0.508 e. The summed E-state index contributed by atoms with van der Waals surface area (Å²) in [4.78, 5) is 14.9. The summed E-state index contributed by atoms with van der Waals surface area (Å²) in [5, 5.41) is 9.42. The summed E-state index contributed by atoms with van der Waals surface area (Å²) in [6, 6.07) is 15.4. The van der Waals surface area contributed by atoms with Gasteiger partial charge in [0.2, 0.25) is 5.91 Å². The number of nitrogens with zero attached hydrogens (tertiary/aromatic N) is 1. The first kappa shape index (κ1) is 16.0. The van der Waals surface area contributed by atoms with E-state index < -0.39 is 0 Å². The maximum Gasteiger partial charge on any atom is 0.229 e. The number of fused-ring (bicyclic) bond motifs is 1. The summed E-state index contributed by atoms with van der Waals surface area (Å²) in [5.74, 6) is 1.83. The van der Waals surface area contributed by atoms with Crippen LogP contribution in [0.15, 0.2) is 48.5 Å². The van der Waals surface area contributed by atoms with E-state index in [1.807, 2.05) is 41.3 Å². The molecule has 1 unspecified atom stereocenters. The van der Waals surface area contributed by atoms with Crippen molar-refractivity contribution in [1.82, 2.24) is 4.90 Å². The van der Waals surface area contributed by atoms with E-state index >= 15 is 0 Å². The van der Waals surface area contributed by atoms with Crippen LogP contribution in [0.25, 0.3) is 0 Å². The minimum atomic E-state index is -0.0693. The van der Waals surface area contributed by atoms with Crippen LogP contribution in [0.5, 0.6) is 11.5 Å². The lowest BCUT2D eigenvalue weighted by atomic mass is 9.88. The van der Waals surface area contributed by atoms with E-state index in [2.05, 4.69) is 0 Å². The topological polar surface area (TPSA) is 49.8 Å². The van der Waals surface area contributed by atoms with Crippen molar-refractivity contribution in [2.75, 3.05) is 19.7 Å². The van der Waals surface area contributed by atoms with Crippen LogP contribution < -0.4 is 4.74 Å². The molecule has 4 heteroatoms. The summed E-state index contributed by atoms with van der Waals surface area (Å²) in [7, 11) is 0. The first-order chi connectivity index (χ1) is 12.2. The Balaban J connectivity index is 1.36. The van der Waals surface area contributed by atoms with E-state index in [0.29, 0.717) is 18.3 Å². The van der Waals surface area contributed by atoms with Crippen LogP contribution in [-0.4, -0.2) is 35.6 Å². The Morgan fingerprint density at radius 1 is 1.04 bits per heavy atom. The van der Waals surface area contributed by atoms with E-state index in [0.717, 1.165) is 43.7 Å². The number of ether oxygens (including phenoxy) is 1. The molecule has 2 heterocycles. The van der Waals surface area contributed by atoms with Gasteiger partial charge < -0.3 is 14.7 Å². The van der Waals surface area contributed by atoms with Gasteiger partial charge in [-0.1, -0.05) is 30.3 Å². The highest BCUT2D eigenvalue weighted by atomic mass is 16.5. The first-order valence-electron chi connectivity index (χ1n) is 8.99. The van der Waals surface area contributed by atoms with Gasteiger partial charge in [-0.05, 0) is 54.5 Å². The van der Waals surface area contributed by atoms with E-state index in [-0.39, 0.29) is 11.8 Å². The lowest BCUT2D eigenvalue weighted by molar-refractivity contribution is -0.138. The molecule has 130 valence electrons. The molecule has 1 amide bonds. The second kappa shape index (κ2) is 6.79. The van der Waals surface area contributed by atoms with E-state index in [1.54, 1.807) is 12.1 Å². The van der Waals surface area contributed by atoms with Crippen LogP contribution in [0.1, 0.15) is 29.9 Å². The van der Waals surface area contributed by atoms with E-state index in [1.165, 1.54) is 5.56 Å². The normalized spacial score (nSPS) is 20.6. The van der Waals surface area contributed by atoms with Crippen LogP contribution in [-0.2, 0) is 11.2 Å². The van der Waals surface area contributed by atoms with Crippen LogP contribution in [0.2, 0.25) is 0 Å². The molecular formula is C21H23NO3. The molecule has 4 rings (SSSR count). The number of aromatic hydroxyl groups is 1. The molecule has 1 N–H and O–H groups in total. The summed E-state index contributed by atoms with van der Waals surface area (Å²) < 4.78 is 5.78. The Morgan fingerprint density at radius 3 is 2.52 bits per heavy atom. The van der Waals surface area contributed by atoms with Crippen molar-refractivity contribution in [1.29, 1.82) is 0 Å². The molecule has 0 aromatic heterocycles. The average Bonchev–Trinajstić information content (AvgIpc) is 2.68. The molecule has 0 aliphatic carbocycles. The number of piperidine rings is 1. The zero-order valence-electron chi connectivity index (χ0n) is 14.2. The van der Waals surface area contributed by atoms with Gasteiger partial charge in [-0.2, -0.15) is 0 Å². The molecule has 25 heavy (non-hydrogen) atoms. The smallest absolute Gasteiger partial charge is 0.229 e. The van der Waals surface area contributed by atoms with Gasteiger partial charge in [-0.25, -0.2) is 0 Å². The number of hydrogen-bond donors (Lipinski definition) is 1. The summed E-state index contributed by atoms with van der Waals surface area (Å²) >= 11 is 0. The fourth-order valence-corrected chi connectivity index (χ4v) is 3.92. The largest absolute Gasteiger partial charge is 0.508 e. The molecule has 0 radical (unpaired) electrons. The molecule has 0 spiro atoms. The Labute approximate surface area is 148 Å². The monoisotopic (exact) mass is 337 g/mol. The van der Waals surface area contributed by atoms with Crippen LogP contribution in [0.3, 0.4) is 0 Å². The second-order valence-corrected chi connectivity index (χ2v) is 7.01. The summed E-state index contributed by atoms with van der Waals surface area (Å²) in [6.45, 7) is 2.07. The highest BCUT2D eigenvalue weighted by Crippen LogP contribution is 2.32. The minimum absolute atomic E-state index is 0.0693. The van der Waals surface area contributed by atoms with Crippen LogP contribution >= 0.6 is 0 Å². The van der Waals surface area contributed by atoms with Crippen LogP contribution in [0.4, 0.5) is 0 Å². The SMILES string of the molecule is O=C(C1COc2ccccc2C1)N1CCC(c2ccc(O)cc2)CC1. The molecule has 1 atom stereocenters. The summed E-state index contributed by atoms with van der Waals surface area (Å²) in [6.07, 6.45) is 2.72. The van der Waals surface area contributed by atoms with Gasteiger partial charge >= 0.3 is 0 Å². The highest BCUT2D eigenvalue weighted by molar-refractivity contribution is 5.80. The number of carbonyl (C=O) groups excluding carboxylic acids is 1. The first-order valence-corrected chi connectivity index (χ1v) is 8.99. The number of rotatable bonds is 2. The van der Waals surface area contributed by atoms with Crippen molar-refractivity contribution in [3.8, 4) is 11.5 Å². The van der Waals surface area contributed by atoms with Crippen molar-refractivity contribution in [2.45, 2.75) is 25.2 Å². The predicted molar refractivity (Wildman–Crippen MR) is 95.8 cm³/mol. The molecule has 4 nitrogen and oxygen atoms in total. The highest BCUT2D eigenvalue weighted by Gasteiger charge is 2.31. The fraction of sp³-hybridized carbons (Fsp3) is 0.381.